The second-order valence-corrected chi connectivity index (χ2v) is 37.9. The van der Waals surface area contributed by atoms with Crippen LogP contribution < -0.4 is 0 Å². The highest BCUT2D eigenvalue weighted by molar-refractivity contribution is 7.47. The molecule has 0 aromatic rings. The molecule has 0 aliphatic heterocycles. The summed E-state index contributed by atoms with van der Waals surface area (Å²) >= 11 is 0. The molecule has 0 aliphatic rings. The van der Waals surface area contributed by atoms with Gasteiger partial charge in [0.05, 0.1) is 26.4 Å². The third-order valence-electron chi connectivity index (χ3n) is 23.2. The first kappa shape index (κ1) is 111. The highest BCUT2D eigenvalue weighted by Gasteiger charge is 2.31. The molecule has 0 aromatic heterocycles. The quantitative estimate of drug-likeness (QED) is 0.0222. The van der Waals surface area contributed by atoms with Gasteiger partial charge in [-0.1, -0.05) is 447 Å². The molecule has 17 nitrogen and oxygen atoms in total. The van der Waals surface area contributed by atoms with Crippen molar-refractivity contribution in [1.82, 2.24) is 0 Å². The normalized spacial score (nSPS) is 14.5. The maximum absolute atomic E-state index is 13.2. The highest BCUT2D eigenvalue weighted by Crippen LogP contribution is 2.45. The minimum atomic E-state index is -4.97. The standard InChI is InChI=1S/C94H184O17P2/c1-9-85(6)71-63-55-47-41-35-29-23-16-12-14-18-25-31-37-43-49-58-66-74-91(96)104-80-89(110-93(98)76-68-60-50-44-38-32-26-19-15-13-17-24-30-36-42-48-56-64-72-86(7)10-2)82-108-112(100,101)106-78-88(95)79-107-113(102,103)109-83-90(81-105-92(97)75-67-59-53-52-57-65-73-87(8)11-3)111-94(99)77-69-61-51-45-39-33-27-21-20-22-28-34-40-46-54-62-70-84(4)5/h84-90,95H,9-83H2,1-8H3,(H,100,101)(H,102,103)/t85?,86?,87?,88-,89-,90-/m1/s1. The first-order chi connectivity index (χ1) is 54.7. The van der Waals surface area contributed by atoms with Crippen molar-refractivity contribution in [3.05, 3.63) is 0 Å². The second-order valence-electron chi connectivity index (χ2n) is 35.0. The van der Waals surface area contributed by atoms with E-state index in [4.69, 9.17) is 37.0 Å². The molecule has 0 rings (SSSR count). The van der Waals surface area contributed by atoms with E-state index in [1.54, 1.807) is 0 Å². The summed E-state index contributed by atoms with van der Waals surface area (Å²) in [5.74, 6) is 1.18. The van der Waals surface area contributed by atoms with Crippen LogP contribution in [0, 0.1) is 23.7 Å². The lowest BCUT2D eigenvalue weighted by molar-refractivity contribution is -0.161. The van der Waals surface area contributed by atoms with Crippen molar-refractivity contribution in [3.8, 4) is 0 Å². The first-order valence-electron chi connectivity index (χ1n) is 48.3. The van der Waals surface area contributed by atoms with Crippen molar-refractivity contribution in [2.45, 2.75) is 517 Å². The van der Waals surface area contributed by atoms with Gasteiger partial charge in [-0.05, 0) is 49.4 Å². The summed E-state index contributed by atoms with van der Waals surface area (Å²) in [6, 6.07) is 0. The molecule has 0 aliphatic carbocycles. The van der Waals surface area contributed by atoms with Crippen molar-refractivity contribution in [2.24, 2.45) is 23.7 Å². The van der Waals surface area contributed by atoms with Gasteiger partial charge in [-0.3, -0.25) is 37.3 Å². The van der Waals surface area contributed by atoms with Crippen LogP contribution in [0.5, 0.6) is 0 Å². The second kappa shape index (κ2) is 82.4. The average Bonchev–Trinajstić information content (AvgIpc) is 0.898. The van der Waals surface area contributed by atoms with E-state index in [0.29, 0.717) is 25.7 Å². The van der Waals surface area contributed by atoms with Gasteiger partial charge in [0.15, 0.2) is 12.2 Å². The van der Waals surface area contributed by atoms with E-state index in [1.807, 2.05) is 0 Å². The number of hydrogen-bond donors (Lipinski definition) is 3. The van der Waals surface area contributed by atoms with Gasteiger partial charge in [0.1, 0.15) is 19.3 Å². The molecule has 0 radical (unpaired) electrons. The van der Waals surface area contributed by atoms with Crippen LogP contribution in [0.25, 0.3) is 0 Å². The van der Waals surface area contributed by atoms with Crippen molar-refractivity contribution < 1.29 is 80.2 Å². The fourth-order valence-corrected chi connectivity index (χ4v) is 16.2. The molecule has 0 bridgehead atoms. The third kappa shape index (κ3) is 83.5. The van der Waals surface area contributed by atoms with Crippen molar-refractivity contribution in [2.75, 3.05) is 39.6 Å². The van der Waals surface area contributed by atoms with Gasteiger partial charge in [0.25, 0.3) is 0 Å². The molecule has 3 N–H and O–H groups in total. The minimum absolute atomic E-state index is 0.107. The molecular weight excluding hydrogens is 1460 g/mol. The van der Waals surface area contributed by atoms with E-state index < -0.39 is 97.5 Å². The van der Waals surface area contributed by atoms with Crippen LogP contribution in [0.1, 0.15) is 498 Å². The zero-order valence-electron chi connectivity index (χ0n) is 75.0. The summed E-state index contributed by atoms with van der Waals surface area (Å²) in [5, 5.41) is 10.7. The molecule has 8 atom stereocenters. The Bertz CT molecular complexity index is 2190. The number of unbranched alkanes of at least 4 members (excludes halogenated alkanes) is 54. The molecule has 0 saturated heterocycles. The molecule has 0 spiro atoms. The van der Waals surface area contributed by atoms with E-state index >= 15 is 0 Å². The Labute approximate surface area is 696 Å². The summed E-state index contributed by atoms with van der Waals surface area (Å²) in [4.78, 5) is 73.5. The topological polar surface area (TPSA) is 237 Å². The Balaban J connectivity index is 5.22. The predicted octanol–water partition coefficient (Wildman–Crippen LogP) is 29.1. The predicted molar refractivity (Wildman–Crippen MR) is 469 cm³/mol. The van der Waals surface area contributed by atoms with E-state index in [0.717, 1.165) is 120 Å². The molecule has 672 valence electrons. The van der Waals surface area contributed by atoms with Crippen molar-refractivity contribution in [1.29, 1.82) is 0 Å². The Morgan fingerprint density at radius 1 is 0.248 bits per heavy atom. The van der Waals surface area contributed by atoms with E-state index in [2.05, 4.69) is 55.4 Å². The molecule has 19 heteroatoms. The summed E-state index contributed by atoms with van der Waals surface area (Å²) in [6.45, 7) is 14.5. The third-order valence-corrected chi connectivity index (χ3v) is 25.1. The number of aliphatic hydroxyl groups excluding tert-OH is 1. The molecule has 0 saturated carbocycles. The molecule has 113 heavy (non-hydrogen) atoms. The smallest absolute Gasteiger partial charge is 0.462 e. The van der Waals surface area contributed by atoms with Crippen molar-refractivity contribution in [3.63, 3.8) is 0 Å². The molecule has 5 unspecified atom stereocenters. The maximum Gasteiger partial charge on any atom is 0.472 e. The van der Waals surface area contributed by atoms with Gasteiger partial charge in [-0.25, -0.2) is 9.13 Å². The number of carbonyl (C=O) groups is 4. The number of phosphoric ester groups is 2. The molecule has 0 fully saturated rings. The number of aliphatic hydroxyl groups is 1. The minimum Gasteiger partial charge on any atom is -0.462 e. The Hall–Kier alpha value is -1.94. The SMILES string of the molecule is CCC(C)CCCCCCCCCCCCCCCCCCCCC(=O)OC[C@H](COP(=O)(O)OC[C@@H](O)COP(=O)(O)OC[C@@H](COC(=O)CCCCCCCCC(C)CC)OC(=O)CCCCCCCCCCCCCCCCCCC(C)C)OC(=O)CCCCCCCCCCCCCCCCCCCCC(C)CC. The fraction of sp³-hybridized carbons (Fsp3) is 0.957. The van der Waals surface area contributed by atoms with E-state index in [9.17, 15) is 43.2 Å². The van der Waals surface area contributed by atoms with Gasteiger partial charge in [-0.15, -0.1) is 0 Å². The van der Waals surface area contributed by atoms with Crippen LogP contribution in [0.4, 0.5) is 0 Å². The molecule has 0 aromatic carbocycles. The molecule has 0 heterocycles. The lowest BCUT2D eigenvalue weighted by Gasteiger charge is -2.21. The van der Waals surface area contributed by atoms with Gasteiger partial charge in [-0.2, -0.15) is 0 Å². The number of rotatable bonds is 91. The lowest BCUT2D eigenvalue weighted by atomic mass is 9.99. The van der Waals surface area contributed by atoms with Gasteiger partial charge in [0, 0.05) is 25.7 Å². The van der Waals surface area contributed by atoms with E-state index in [-0.39, 0.29) is 25.7 Å². The van der Waals surface area contributed by atoms with Crippen LogP contribution in [-0.2, 0) is 65.4 Å². The van der Waals surface area contributed by atoms with Crippen LogP contribution in [0.15, 0.2) is 0 Å². The lowest BCUT2D eigenvalue weighted by Crippen LogP contribution is -2.30. The van der Waals surface area contributed by atoms with E-state index in [1.165, 1.54) is 295 Å². The van der Waals surface area contributed by atoms with Crippen LogP contribution in [0.2, 0.25) is 0 Å². The summed E-state index contributed by atoms with van der Waals surface area (Å²) in [7, 11) is -9.94. The van der Waals surface area contributed by atoms with Gasteiger partial charge >= 0.3 is 39.5 Å². The van der Waals surface area contributed by atoms with Gasteiger partial charge < -0.3 is 33.8 Å². The van der Waals surface area contributed by atoms with Crippen LogP contribution >= 0.6 is 15.6 Å². The number of carbonyl (C=O) groups excluding carboxylic acids is 4. The number of ether oxygens (including phenoxy) is 4. The largest absolute Gasteiger partial charge is 0.472 e. The van der Waals surface area contributed by atoms with Crippen LogP contribution in [0.3, 0.4) is 0 Å². The monoisotopic (exact) mass is 1650 g/mol. The number of hydrogen-bond acceptors (Lipinski definition) is 15. The van der Waals surface area contributed by atoms with Crippen molar-refractivity contribution >= 4 is 39.5 Å². The molecular formula is C94H184O17P2. The van der Waals surface area contributed by atoms with Gasteiger partial charge in [0.2, 0.25) is 0 Å². The maximum atomic E-state index is 13.2. The first-order valence-corrected chi connectivity index (χ1v) is 51.3. The Morgan fingerprint density at radius 3 is 0.628 bits per heavy atom. The zero-order valence-corrected chi connectivity index (χ0v) is 76.8. The number of phosphoric acid groups is 2. The van der Waals surface area contributed by atoms with Crippen LogP contribution in [-0.4, -0.2) is 96.7 Å². The number of esters is 4. The summed E-state index contributed by atoms with van der Waals surface area (Å²) in [5.41, 5.74) is 0. The Morgan fingerprint density at radius 2 is 0.425 bits per heavy atom. The fourth-order valence-electron chi connectivity index (χ4n) is 14.6. The summed E-state index contributed by atoms with van der Waals surface area (Å²) in [6.07, 6.45) is 75.1. The average molecular weight is 1650 g/mol. The summed E-state index contributed by atoms with van der Waals surface area (Å²) < 4.78 is 69.1. The Kier molecular flexibility index (Phi) is 81.0. The zero-order chi connectivity index (χ0) is 83.0. The highest BCUT2D eigenvalue weighted by atomic mass is 31.2. The molecule has 0 amide bonds.